The highest BCUT2D eigenvalue weighted by Gasteiger charge is 2.33. The number of aliphatic hydroxyl groups is 1. The minimum atomic E-state index is -4.81. The Kier molecular flexibility index (Phi) is 8.67. The molecule has 1 unspecified atom stereocenters. The molecule has 0 saturated heterocycles. The maximum absolute atomic E-state index is 13.1. The lowest BCUT2D eigenvalue weighted by atomic mass is 10.1. The first kappa shape index (κ1) is 28.0. The Labute approximate surface area is 220 Å². The Balaban J connectivity index is 1.51. The maximum Gasteiger partial charge on any atom is 0.573 e. The van der Waals surface area contributed by atoms with Crippen molar-refractivity contribution < 1.29 is 40.9 Å². The quantitative estimate of drug-likeness (QED) is 0.195. The first-order chi connectivity index (χ1) is 17.9. The minimum Gasteiger partial charge on any atom is -0.489 e. The second-order valence-corrected chi connectivity index (χ2v) is 10.0. The predicted molar refractivity (Wildman–Crippen MR) is 132 cm³/mol. The molecule has 0 aromatic heterocycles. The van der Waals surface area contributed by atoms with E-state index in [0.29, 0.717) is 22.6 Å². The fraction of sp³-hybridized carbons (Fsp3) is 0.333. The number of anilines is 1. The van der Waals surface area contributed by atoms with Gasteiger partial charge in [-0.15, -0.1) is 13.2 Å². The smallest absolute Gasteiger partial charge is 0.489 e. The van der Waals surface area contributed by atoms with E-state index >= 15 is 0 Å². The normalized spacial score (nSPS) is 14.7. The zero-order valence-electron chi connectivity index (χ0n) is 20.0. The van der Waals surface area contributed by atoms with Gasteiger partial charge in [0.15, 0.2) is 0 Å². The van der Waals surface area contributed by atoms with E-state index in [1.807, 2.05) is 4.90 Å². The van der Waals surface area contributed by atoms with Gasteiger partial charge in [-0.3, -0.25) is 0 Å². The summed E-state index contributed by atoms with van der Waals surface area (Å²) in [5.41, 5.74) is -2.89. The van der Waals surface area contributed by atoms with Crippen LogP contribution in [0.2, 0.25) is 0 Å². The number of hydrogen-bond acceptors (Lipinski definition) is 5. The van der Waals surface area contributed by atoms with Gasteiger partial charge < -0.3 is 19.5 Å². The van der Waals surface area contributed by atoms with Crippen molar-refractivity contribution in [2.24, 2.45) is 5.92 Å². The average molecular weight is 558 g/mol. The molecule has 1 atom stereocenters. The molecule has 0 heterocycles. The highest BCUT2D eigenvalue weighted by Crippen LogP contribution is 2.40. The third kappa shape index (κ3) is 8.76. The van der Waals surface area contributed by atoms with Crippen molar-refractivity contribution in [3.8, 4) is 11.5 Å². The summed E-state index contributed by atoms with van der Waals surface area (Å²) in [7, 11) is 0. The molecule has 0 aliphatic heterocycles. The van der Waals surface area contributed by atoms with Gasteiger partial charge in [0.05, 0.1) is 6.10 Å². The summed E-state index contributed by atoms with van der Waals surface area (Å²) in [4.78, 5) is 1.89. The van der Waals surface area contributed by atoms with Gasteiger partial charge in [0.25, 0.3) is 0 Å². The molecule has 1 N–H and O–H groups in total. The van der Waals surface area contributed by atoms with Crippen LogP contribution in [0.25, 0.3) is 0 Å². The van der Waals surface area contributed by atoms with Crippen LogP contribution < -0.4 is 14.4 Å². The Morgan fingerprint density at radius 2 is 1.61 bits per heavy atom. The van der Waals surface area contributed by atoms with Crippen molar-refractivity contribution >= 4 is 17.4 Å². The summed E-state index contributed by atoms with van der Waals surface area (Å²) in [6.07, 6.45) is -3.65. The average Bonchev–Trinajstić information content (AvgIpc) is 3.68. The van der Waals surface area contributed by atoms with E-state index in [2.05, 4.69) is 4.74 Å². The van der Waals surface area contributed by atoms with Crippen LogP contribution in [-0.2, 0) is 13.2 Å². The highest BCUT2D eigenvalue weighted by molar-refractivity contribution is 8.00. The van der Waals surface area contributed by atoms with E-state index in [0.717, 1.165) is 12.8 Å². The van der Waals surface area contributed by atoms with Gasteiger partial charge in [-0.25, -0.2) is 0 Å². The number of thioether (sulfide) groups is 1. The lowest BCUT2D eigenvalue weighted by Gasteiger charge is -2.29. The molecule has 1 saturated carbocycles. The molecule has 3 aromatic carbocycles. The van der Waals surface area contributed by atoms with Crippen molar-refractivity contribution in [2.75, 3.05) is 11.4 Å². The summed E-state index contributed by atoms with van der Waals surface area (Å²) in [6, 6.07) is 18.5. The van der Waals surface area contributed by atoms with Crippen molar-refractivity contribution in [3.05, 3.63) is 83.9 Å². The summed E-state index contributed by atoms with van der Waals surface area (Å²) >= 11 is -0.179. The van der Waals surface area contributed by atoms with Crippen LogP contribution in [0.1, 0.15) is 24.0 Å². The van der Waals surface area contributed by atoms with E-state index in [4.69, 9.17) is 4.74 Å². The van der Waals surface area contributed by atoms with Gasteiger partial charge in [0.1, 0.15) is 18.1 Å². The number of alkyl halides is 6. The molecular formula is C27H25F6NO3S. The van der Waals surface area contributed by atoms with Crippen molar-refractivity contribution in [1.29, 1.82) is 0 Å². The number of hydrogen-bond donors (Lipinski definition) is 1. The first-order valence-electron chi connectivity index (χ1n) is 11.8. The topological polar surface area (TPSA) is 41.9 Å². The number of aliphatic hydroxyl groups excluding tert-OH is 1. The van der Waals surface area contributed by atoms with Gasteiger partial charge in [0.2, 0.25) is 0 Å². The second-order valence-electron chi connectivity index (χ2n) is 8.92. The standard InChI is InChI=1S/C27H25F6NO3S/c28-26(29,30)37-23-9-3-5-18(13-23)17-36-22-8-4-7-21(14-22)34(16-24(35)19-11-12-19)15-20-6-1-2-10-25(20)38-27(31,32)33/h1-10,13-14,19,24,35H,11-12,15-17H2. The van der Waals surface area contributed by atoms with Crippen molar-refractivity contribution in [1.82, 2.24) is 0 Å². The first-order valence-corrected chi connectivity index (χ1v) is 12.6. The van der Waals surface area contributed by atoms with E-state index in [1.165, 1.54) is 24.3 Å². The minimum absolute atomic E-state index is 0.0335. The van der Waals surface area contributed by atoms with Crippen LogP contribution in [-0.4, -0.2) is 29.6 Å². The summed E-state index contributed by atoms with van der Waals surface area (Å²) in [6.45, 7) is 0.313. The van der Waals surface area contributed by atoms with Crippen LogP contribution in [0.5, 0.6) is 11.5 Å². The molecule has 0 bridgehead atoms. The molecule has 1 aliphatic rings. The molecule has 0 radical (unpaired) electrons. The lowest BCUT2D eigenvalue weighted by molar-refractivity contribution is -0.274. The summed E-state index contributed by atoms with van der Waals surface area (Å²) in [5, 5.41) is 10.6. The van der Waals surface area contributed by atoms with E-state index in [-0.39, 0.29) is 48.0 Å². The molecule has 11 heteroatoms. The van der Waals surface area contributed by atoms with Crippen LogP contribution in [0.3, 0.4) is 0 Å². The largest absolute Gasteiger partial charge is 0.573 e. The molecule has 1 aliphatic carbocycles. The third-order valence-electron chi connectivity index (χ3n) is 5.85. The van der Waals surface area contributed by atoms with Crippen LogP contribution in [0.15, 0.2) is 77.7 Å². The number of benzene rings is 3. The van der Waals surface area contributed by atoms with Crippen LogP contribution in [0, 0.1) is 5.92 Å². The molecule has 3 aromatic rings. The highest BCUT2D eigenvalue weighted by atomic mass is 32.2. The maximum atomic E-state index is 13.1. The number of ether oxygens (including phenoxy) is 2. The summed E-state index contributed by atoms with van der Waals surface area (Å²) < 4.78 is 86.6. The number of rotatable bonds is 11. The summed E-state index contributed by atoms with van der Waals surface area (Å²) in [5.74, 6) is 0.208. The zero-order valence-corrected chi connectivity index (χ0v) is 20.8. The van der Waals surface area contributed by atoms with Crippen LogP contribution in [0.4, 0.5) is 32.0 Å². The molecule has 0 amide bonds. The Hall–Kier alpha value is -3.05. The predicted octanol–water partition coefficient (Wildman–Crippen LogP) is 7.55. The Bertz CT molecular complexity index is 1220. The molecular weight excluding hydrogens is 532 g/mol. The molecule has 1 fully saturated rings. The Morgan fingerprint density at radius 1 is 0.895 bits per heavy atom. The van der Waals surface area contributed by atoms with Crippen LogP contribution >= 0.6 is 11.8 Å². The number of halogens is 6. The molecule has 4 nitrogen and oxygen atoms in total. The van der Waals surface area contributed by atoms with E-state index < -0.39 is 18.0 Å². The second kappa shape index (κ2) is 11.8. The van der Waals surface area contributed by atoms with Gasteiger partial charge >= 0.3 is 11.9 Å². The zero-order chi connectivity index (χ0) is 27.3. The van der Waals surface area contributed by atoms with Gasteiger partial charge in [-0.05, 0) is 72.0 Å². The molecule has 4 rings (SSSR count). The van der Waals surface area contributed by atoms with E-state index in [1.54, 1.807) is 48.5 Å². The lowest BCUT2D eigenvalue weighted by Crippen LogP contribution is -2.33. The third-order valence-corrected chi connectivity index (χ3v) is 6.70. The van der Waals surface area contributed by atoms with Crippen molar-refractivity contribution in [3.63, 3.8) is 0 Å². The SMILES string of the molecule is OC(CN(Cc1ccccc1SC(F)(F)F)c1cccc(OCc2cccc(OC(F)(F)F)c2)c1)C1CC1. The Morgan fingerprint density at radius 3 is 2.32 bits per heavy atom. The van der Waals surface area contributed by atoms with Crippen molar-refractivity contribution in [2.45, 2.75) is 48.9 Å². The monoisotopic (exact) mass is 557 g/mol. The van der Waals surface area contributed by atoms with Gasteiger partial charge in [0, 0.05) is 29.7 Å². The fourth-order valence-electron chi connectivity index (χ4n) is 3.95. The molecule has 204 valence electrons. The molecule has 0 spiro atoms. The van der Waals surface area contributed by atoms with E-state index in [9.17, 15) is 31.4 Å². The molecule has 38 heavy (non-hydrogen) atoms. The fourth-order valence-corrected chi connectivity index (χ4v) is 4.61. The van der Waals surface area contributed by atoms with Gasteiger partial charge in [-0.2, -0.15) is 13.2 Å². The number of nitrogens with zero attached hydrogens (tertiary/aromatic N) is 1. The van der Waals surface area contributed by atoms with Gasteiger partial charge in [-0.1, -0.05) is 36.4 Å².